The summed E-state index contributed by atoms with van der Waals surface area (Å²) in [6.45, 7) is 10.1. The normalized spacial score (nSPS) is 10.6. The van der Waals surface area contributed by atoms with E-state index in [2.05, 4.69) is 36.0 Å². The zero-order valence-corrected chi connectivity index (χ0v) is 21.8. The van der Waals surface area contributed by atoms with Crippen molar-refractivity contribution in [2.75, 3.05) is 25.0 Å². The van der Waals surface area contributed by atoms with Gasteiger partial charge in [0.15, 0.2) is 5.75 Å². The molecular weight excluding hydrogens is 490 g/mol. The number of fused-ring (bicyclic) bond motifs is 1. The van der Waals surface area contributed by atoms with Gasteiger partial charge in [-0.25, -0.2) is 9.78 Å². The molecule has 4 aromatic rings. The summed E-state index contributed by atoms with van der Waals surface area (Å²) < 4.78 is 0. The summed E-state index contributed by atoms with van der Waals surface area (Å²) in [4.78, 5) is 31.7. The second-order valence-electron chi connectivity index (χ2n) is 8.14. The quantitative estimate of drug-likeness (QED) is 0.255. The lowest BCUT2D eigenvalue weighted by Gasteiger charge is -2.13. The molecular formula is C29H30ClN3O4. The fourth-order valence-electron chi connectivity index (χ4n) is 3.88. The summed E-state index contributed by atoms with van der Waals surface area (Å²) in [6.07, 6.45) is 0. The van der Waals surface area contributed by atoms with Gasteiger partial charge in [0.2, 0.25) is 0 Å². The van der Waals surface area contributed by atoms with Gasteiger partial charge < -0.3 is 20.4 Å². The number of carboxylic acids is 1. The summed E-state index contributed by atoms with van der Waals surface area (Å²) in [7, 11) is 0. The molecule has 1 amide bonds. The number of pyridine rings is 1. The summed E-state index contributed by atoms with van der Waals surface area (Å²) in [5.41, 5.74) is 1.16. The van der Waals surface area contributed by atoms with Gasteiger partial charge in [0, 0.05) is 21.7 Å². The summed E-state index contributed by atoms with van der Waals surface area (Å²) >= 11 is 5.93. The Morgan fingerprint density at radius 1 is 0.892 bits per heavy atom. The van der Waals surface area contributed by atoms with Gasteiger partial charge in [-0.15, -0.1) is 0 Å². The first-order valence-electron chi connectivity index (χ1n) is 12.0. The van der Waals surface area contributed by atoms with E-state index in [1.807, 2.05) is 6.07 Å². The zero-order valence-electron chi connectivity index (χ0n) is 21.0. The predicted octanol–water partition coefficient (Wildman–Crippen LogP) is 6.56. The van der Waals surface area contributed by atoms with Gasteiger partial charge >= 0.3 is 5.97 Å². The van der Waals surface area contributed by atoms with Crippen molar-refractivity contribution in [3.8, 4) is 17.0 Å². The van der Waals surface area contributed by atoms with Gasteiger partial charge in [0.05, 0.1) is 11.1 Å². The standard InChI is InChI=1S/C23H15ClN2O4.C6H15N/c24-14-11-9-13(10-12-14)19-21(27)18(23(29)30)16-7-4-8-17(20(16)26-19)22(28)25-15-5-2-1-3-6-15;1-4-7(5-2)6-3/h1-12,27H,(H,25,28)(H,29,30);4-6H2,1-3H3. The molecule has 0 saturated carbocycles. The molecule has 3 N–H and O–H groups in total. The largest absolute Gasteiger partial charge is 0.505 e. The van der Waals surface area contributed by atoms with Crippen LogP contribution in [0.1, 0.15) is 41.5 Å². The highest BCUT2D eigenvalue weighted by Crippen LogP contribution is 2.37. The number of carbonyl (C=O) groups excluding carboxylic acids is 1. The summed E-state index contributed by atoms with van der Waals surface area (Å²) in [6, 6.07) is 20.0. The van der Waals surface area contributed by atoms with Crippen LogP contribution in [0.3, 0.4) is 0 Å². The molecule has 0 unspecified atom stereocenters. The molecule has 0 aliphatic rings. The molecule has 0 saturated heterocycles. The van der Waals surface area contributed by atoms with E-state index >= 15 is 0 Å². The van der Waals surface area contributed by atoms with E-state index in [9.17, 15) is 19.8 Å². The van der Waals surface area contributed by atoms with Gasteiger partial charge in [0.1, 0.15) is 11.3 Å². The number of carboxylic acid groups (broad SMARTS) is 1. The SMILES string of the molecule is CCN(CC)CC.O=C(O)c1c(O)c(-c2ccc(Cl)cc2)nc2c(C(=O)Nc3ccccc3)cccc12. The van der Waals surface area contributed by atoms with Crippen LogP contribution in [0.15, 0.2) is 72.8 Å². The Kier molecular flexibility index (Phi) is 9.60. The van der Waals surface area contributed by atoms with Gasteiger partial charge in [0.25, 0.3) is 5.91 Å². The number of amides is 1. The number of aromatic carboxylic acids is 1. The van der Waals surface area contributed by atoms with Crippen molar-refractivity contribution < 1.29 is 19.8 Å². The van der Waals surface area contributed by atoms with Crippen LogP contribution in [0.25, 0.3) is 22.2 Å². The van der Waals surface area contributed by atoms with E-state index in [0.29, 0.717) is 16.3 Å². The molecule has 0 bridgehead atoms. The fraction of sp³-hybridized carbons (Fsp3) is 0.207. The van der Waals surface area contributed by atoms with E-state index in [-0.39, 0.29) is 27.7 Å². The Labute approximate surface area is 221 Å². The van der Waals surface area contributed by atoms with Crippen LogP contribution in [0.2, 0.25) is 5.02 Å². The van der Waals surface area contributed by atoms with Crippen molar-refractivity contribution in [1.29, 1.82) is 0 Å². The third-order valence-electron chi connectivity index (χ3n) is 5.94. The number of para-hydroxylation sites is 2. The number of hydrogen-bond acceptors (Lipinski definition) is 5. The Morgan fingerprint density at radius 3 is 2.05 bits per heavy atom. The van der Waals surface area contributed by atoms with Crippen LogP contribution >= 0.6 is 11.6 Å². The van der Waals surface area contributed by atoms with Gasteiger partial charge in [-0.3, -0.25) is 4.79 Å². The number of carbonyl (C=O) groups is 2. The first kappa shape index (κ1) is 27.6. The van der Waals surface area contributed by atoms with Gasteiger partial charge in [-0.05, 0) is 50.0 Å². The first-order valence-corrected chi connectivity index (χ1v) is 12.4. The van der Waals surface area contributed by atoms with E-state index in [1.54, 1.807) is 60.7 Å². The molecule has 37 heavy (non-hydrogen) atoms. The van der Waals surface area contributed by atoms with Crippen LogP contribution in [-0.4, -0.2) is 51.6 Å². The molecule has 0 fully saturated rings. The van der Waals surface area contributed by atoms with E-state index in [4.69, 9.17) is 11.6 Å². The van der Waals surface area contributed by atoms with Crippen molar-refractivity contribution >= 4 is 40.1 Å². The number of hydrogen-bond donors (Lipinski definition) is 3. The van der Waals surface area contributed by atoms with Crippen molar-refractivity contribution in [3.63, 3.8) is 0 Å². The minimum absolute atomic E-state index is 0.0523. The molecule has 0 spiro atoms. The number of nitrogens with zero attached hydrogens (tertiary/aromatic N) is 2. The monoisotopic (exact) mass is 519 g/mol. The summed E-state index contributed by atoms with van der Waals surface area (Å²) in [5, 5.41) is 23.8. The molecule has 192 valence electrons. The van der Waals surface area contributed by atoms with E-state index in [1.165, 1.54) is 25.7 Å². The van der Waals surface area contributed by atoms with Crippen LogP contribution in [0.5, 0.6) is 5.75 Å². The topological polar surface area (TPSA) is 103 Å². The highest BCUT2D eigenvalue weighted by atomic mass is 35.5. The zero-order chi connectivity index (χ0) is 26.9. The molecule has 0 aliphatic heterocycles. The molecule has 8 heteroatoms. The Hall–Kier alpha value is -3.94. The minimum Gasteiger partial charge on any atom is -0.505 e. The number of nitrogens with one attached hydrogen (secondary N) is 1. The minimum atomic E-state index is -1.32. The third-order valence-corrected chi connectivity index (χ3v) is 6.19. The maximum atomic E-state index is 12.9. The number of rotatable bonds is 7. The Bertz CT molecular complexity index is 1370. The maximum Gasteiger partial charge on any atom is 0.340 e. The molecule has 1 aromatic heterocycles. The molecule has 4 rings (SSSR count). The second-order valence-corrected chi connectivity index (χ2v) is 8.57. The smallest absolute Gasteiger partial charge is 0.340 e. The van der Waals surface area contributed by atoms with E-state index in [0.717, 1.165) is 0 Å². The molecule has 1 heterocycles. The fourth-order valence-corrected chi connectivity index (χ4v) is 4.00. The Balaban J connectivity index is 0.000000479. The highest BCUT2D eigenvalue weighted by Gasteiger charge is 2.23. The van der Waals surface area contributed by atoms with Crippen molar-refractivity contribution in [3.05, 3.63) is 88.9 Å². The van der Waals surface area contributed by atoms with Gasteiger partial charge in [-0.1, -0.05) is 74.8 Å². The van der Waals surface area contributed by atoms with E-state index < -0.39 is 17.6 Å². The van der Waals surface area contributed by atoms with Crippen LogP contribution in [0.4, 0.5) is 5.69 Å². The third kappa shape index (κ3) is 6.64. The van der Waals surface area contributed by atoms with Crippen molar-refractivity contribution in [1.82, 2.24) is 9.88 Å². The van der Waals surface area contributed by atoms with Gasteiger partial charge in [-0.2, -0.15) is 0 Å². The van der Waals surface area contributed by atoms with Crippen LogP contribution in [0, 0.1) is 0 Å². The number of anilines is 1. The first-order chi connectivity index (χ1) is 17.8. The predicted molar refractivity (Wildman–Crippen MR) is 149 cm³/mol. The highest BCUT2D eigenvalue weighted by molar-refractivity contribution is 6.30. The van der Waals surface area contributed by atoms with Crippen LogP contribution in [-0.2, 0) is 0 Å². The molecule has 7 nitrogen and oxygen atoms in total. The summed E-state index contributed by atoms with van der Waals surface area (Å²) in [5.74, 6) is -2.24. The Morgan fingerprint density at radius 2 is 1.51 bits per heavy atom. The van der Waals surface area contributed by atoms with Crippen molar-refractivity contribution in [2.24, 2.45) is 0 Å². The average Bonchev–Trinajstić information content (AvgIpc) is 2.90. The lowest BCUT2D eigenvalue weighted by Crippen LogP contribution is -2.21. The number of benzene rings is 3. The molecule has 0 atom stereocenters. The number of halogens is 1. The lowest BCUT2D eigenvalue weighted by molar-refractivity contribution is 0.0695. The number of aromatic nitrogens is 1. The molecule has 0 aliphatic carbocycles. The molecule has 3 aromatic carbocycles. The van der Waals surface area contributed by atoms with Crippen molar-refractivity contribution in [2.45, 2.75) is 20.8 Å². The second kappa shape index (κ2) is 12.9. The lowest BCUT2D eigenvalue weighted by atomic mass is 9.99. The average molecular weight is 520 g/mol. The maximum absolute atomic E-state index is 12.9. The molecule has 0 radical (unpaired) electrons. The van der Waals surface area contributed by atoms with Crippen LogP contribution < -0.4 is 5.32 Å². The number of aromatic hydroxyl groups is 1.